The number of hydrogen-bond donors (Lipinski definition) is 1. The van der Waals surface area contributed by atoms with Crippen LogP contribution in [0.15, 0.2) is 35.1 Å². The Morgan fingerprint density at radius 1 is 1.25 bits per heavy atom. The van der Waals surface area contributed by atoms with E-state index in [4.69, 9.17) is 9.26 Å². The largest absolute Gasteiger partial charge is 0.491 e. The summed E-state index contributed by atoms with van der Waals surface area (Å²) in [5, 5.41) is 8.13. The highest BCUT2D eigenvalue weighted by Crippen LogP contribution is 2.35. The van der Waals surface area contributed by atoms with Gasteiger partial charge in [0.05, 0.1) is 11.7 Å². The number of para-hydroxylation sites is 1. The normalized spacial score (nSPS) is 16.9. The van der Waals surface area contributed by atoms with Crippen molar-refractivity contribution >= 4 is 16.9 Å². The standard InChI is InChI=1S/C14H12N4O2/c1-8-12-13(15-7-16-14(12)20-18-8)17-10-6-19-11-5-3-2-4-9(10)11/h2-5,7,10H,6H2,1H3,(H,15,16,17)/t10-/m0/s1. The summed E-state index contributed by atoms with van der Waals surface area (Å²) in [5.74, 6) is 1.64. The van der Waals surface area contributed by atoms with E-state index in [-0.39, 0.29) is 6.04 Å². The third-order valence-electron chi connectivity index (χ3n) is 3.45. The molecule has 0 radical (unpaired) electrons. The molecule has 0 unspecified atom stereocenters. The van der Waals surface area contributed by atoms with Crippen molar-refractivity contribution in [3.63, 3.8) is 0 Å². The van der Waals surface area contributed by atoms with Crippen molar-refractivity contribution in [1.29, 1.82) is 0 Å². The summed E-state index contributed by atoms with van der Waals surface area (Å²) in [6.07, 6.45) is 1.47. The molecule has 4 rings (SSSR count). The number of anilines is 1. The highest BCUT2D eigenvalue weighted by molar-refractivity contribution is 5.87. The minimum absolute atomic E-state index is 0.0681. The lowest BCUT2D eigenvalue weighted by molar-refractivity contribution is 0.339. The van der Waals surface area contributed by atoms with Gasteiger partial charge < -0.3 is 14.6 Å². The van der Waals surface area contributed by atoms with E-state index in [2.05, 4.69) is 26.5 Å². The summed E-state index contributed by atoms with van der Waals surface area (Å²) >= 11 is 0. The van der Waals surface area contributed by atoms with Crippen LogP contribution in [0.1, 0.15) is 17.3 Å². The fraction of sp³-hybridized carbons (Fsp3) is 0.214. The first kappa shape index (κ1) is 11.2. The molecule has 0 fully saturated rings. The summed E-state index contributed by atoms with van der Waals surface area (Å²) in [5.41, 5.74) is 2.40. The number of nitrogens with zero attached hydrogens (tertiary/aromatic N) is 3. The molecule has 1 aliphatic heterocycles. The second-order valence-electron chi connectivity index (χ2n) is 4.72. The summed E-state index contributed by atoms with van der Waals surface area (Å²) in [6, 6.07) is 8.06. The van der Waals surface area contributed by atoms with E-state index in [9.17, 15) is 0 Å². The summed E-state index contributed by atoms with van der Waals surface area (Å²) in [7, 11) is 0. The Morgan fingerprint density at radius 3 is 3.10 bits per heavy atom. The first-order valence-corrected chi connectivity index (χ1v) is 6.38. The Kier molecular flexibility index (Phi) is 2.35. The number of benzene rings is 1. The lowest BCUT2D eigenvalue weighted by Gasteiger charge is -2.12. The number of hydrogen-bond acceptors (Lipinski definition) is 6. The van der Waals surface area contributed by atoms with Crippen molar-refractivity contribution in [2.45, 2.75) is 13.0 Å². The molecule has 0 saturated heterocycles. The molecule has 6 nitrogen and oxygen atoms in total. The van der Waals surface area contributed by atoms with Gasteiger partial charge in [0.15, 0.2) is 0 Å². The monoisotopic (exact) mass is 268 g/mol. The van der Waals surface area contributed by atoms with Gasteiger partial charge in [-0.25, -0.2) is 4.98 Å². The van der Waals surface area contributed by atoms with E-state index >= 15 is 0 Å². The van der Waals surface area contributed by atoms with Crippen LogP contribution in [0.25, 0.3) is 11.1 Å². The van der Waals surface area contributed by atoms with Gasteiger partial charge in [-0.3, -0.25) is 0 Å². The van der Waals surface area contributed by atoms with Gasteiger partial charge in [-0.1, -0.05) is 23.4 Å². The molecule has 0 spiro atoms. The van der Waals surface area contributed by atoms with Gasteiger partial charge in [0, 0.05) is 5.56 Å². The number of fused-ring (bicyclic) bond motifs is 2. The second-order valence-corrected chi connectivity index (χ2v) is 4.72. The van der Waals surface area contributed by atoms with Crippen molar-refractivity contribution in [1.82, 2.24) is 15.1 Å². The summed E-state index contributed by atoms with van der Waals surface area (Å²) < 4.78 is 10.8. The van der Waals surface area contributed by atoms with Crippen molar-refractivity contribution in [3.8, 4) is 5.75 Å². The molecular weight excluding hydrogens is 256 g/mol. The first-order valence-electron chi connectivity index (χ1n) is 6.38. The topological polar surface area (TPSA) is 73.1 Å². The zero-order valence-electron chi connectivity index (χ0n) is 10.8. The summed E-state index contributed by atoms with van der Waals surface area (Å²) in [4.78, 5) is 8.37. The lowest BCUT2D eigenvalue weighted by atomic mass is 10.1. The van der Waals surface area contributed by atoms with E-state index in [1.54, 1.807) is 0 Å². The van der Waals surface area contributed by atoms with Crippen LogP contribution in [0.2, 0.25) is 0 Å². The van der Waals surface area contributed by atoms with Crippen LogP contribution in [-0.2, 0) is 0 Å². The van der Waals surface area contributed by atoms with Gasteiger partial charge in [0.25, 0.3) is 5.71 Å². The van der Waals surface area contributed by atoms with Crippen LogP contribution in [0, 0.1) is 6.92 Å². The molecule has 3 aromatic rings. The number of nitrogens with one attached hydrogen (secondary N) is 1. The van der Waals surface area contributed by atoms with Crippen molar-refractivity contribution in [2.24, 2.45) is 0 Å². The molecule has 0 bridgehead atoms. The number of aromatic nitrogens is 3. The number of rotatable bonds is 2. The lowest BCUT2D eigenvalue weighted by Crippen LogP contribution is -2.13. The zero-order valence-corrected chi connectivity index (χ0v) is 10.8. The third-order valence-corrected chi connectivity index (χ3v) is 3.45. The Hall–Kier alpha value is -2.63. The van der Waals surface area contributed by atoms with Crippen molar-refractivity contribution in [2.75, 3.05) is 11.9 Å². The van der Waals surface area contributed by atoms with Crippen LogP contribution in [0.5, 0.6) is 5.75 Å². The van der Waals surface area contributed by atoms with E-state index in [1.165, 1.54) is 6.33 Å². The van der Waals surface area contributed by atoms with Crippen LogP contribution in [-0.4, -0.2) is 21.7 Å². The maximum absolute atomic E-state index is 5.66. The van der Waals surface area contributed by atoms with Crippen molar-refractivity contribution in [3.05, 3.63) is 41.9 Å². The van der Waals surface area contributed by atoms with E-state index in [0.717, 1.165) is 28.2 Å². The Bertz CT molecular complexity index is 784. The van der Waals surface area contributed by atoms with Gasteiger partial charge in [-0.05, 0) is 13.0 Å². The molecule has 3 heterocycles. The smallest absolute Gasteiger partial charge is 0.263 e. The molecule has 2 aromatic heterocycles. The molecule has 1 atom stereocenters. The van der Waals surface area contributed by atoms with Gasteiger partial charge in [-0.15, -0.1) is 0 Å². The minimum atomic E-state index is 0.0681. The van der Waals surface area contributed by atoms with Gasteiger partial charge in [0.2, 0.25) is 0 Å². The number of aryl methyl sites for hydroxylation is 1. The fourth-order valence-corrected chi connectivity index (χ4v) is 2.48. The molecular formula is C14H12N4O2. The Balaban J connectivity index is 1.74. The molecule has 0 saturated carbocycles. The second kappa shape index (κ2) is 4.19. The van der Waals surface area contributed by atoms with Crippen LogP contribution >= 0.6 is 0 Å². The van der Waals surface area contributed by atoms with E-state index < -0.39 is 0 Å². The maximum atomic E-state index is 5.66. The number of ether oxygens (including phenoxy) is 1. The third kappa shape index (κ3) is 1.61. The van der Waals surface area contributed by atoms with Gasteiger partial charge in [-0.2, -0.15) is 4.98 Å². The summed E-state index contributed by atoms with van der Waals surface area (Å²) in [6.45, 7) is 2.45. The molecule has 0 aliphatic carbocycles. The molecule has 1 aromatic carbocycles. The molecule has 20 heavy (non-hydrogen) atoms. The quantitative estimate of drug-likeness (QED) is 0.769. The predicted molar refractivity (Wildman–Crippen MR) is 72.6 cm³/mol. The van der Waals surface area contributed by atoms with Gasteiger partial charge in [0.1, 0.15) is 29.9 Å². The van der Waals surface area contributed by atoms with Crippen LogP contribution in [0.3, 0.4) is 0 Å². The highest BCUT2D eigenvalue weighted by Gasteiger charge is 2.25. The Morgan fingerprint density at radius 2 is 2.15 bits per heavy atom. The highest BCUT2D eigenvalue weighted by atomic mass is 16.5. The SMILES string of the molecule is Cc1noc2ncnc(N[C@H]3COc4ccccc43)c12. The molecule has 1 aliphatic rings. The maximum Gasteiger partial charge on any atom is 0.263 e. The average Bonchev–Trinajstić information content (AvgIpc) is 3.05. The van der Waals surface area contributed by atoms with Crippen LogP contribution in [0.4, 0.5) is 5.82 Å². The van der Waals surface area contributed by atoms with Gasteiger partial charge >= 0.3 is 0 Å². The predicted octanol–water partition coefficient (Wildman–Crippen LogP) is 2.47. The van der Waals surface area contributed by atoms with Crippen molar-refractivity contribution < 1.29 is 9.26 Å². The fourth-order valence-electron chi connectivity index (χ4n) is 2.48. The molecule has 0 amide bonds. The molecule has 1 N–H and O–H groups in total. The zero-order chi connectivity index (χ0) is 13.5. The Labute approximate surface area is 114 Å². The average molecular weight is 268 g/mol. The molecule has 100 valence electrons. The first-order chi connectivity index (χ1) is 9.83. The molecule has 6 heteroatoms. The van der Waals surface area contributed by atoms with E-state index in [0.29, 0.717) is 12.3 Å². The van der Waals surface area contributed by atoms with Crippen LogP contribution < -0.4 is 10.1 Å². The van der Waals surface area contributed by atoms with E-state index in [1.807, 2.05) is 25.1 Å². The minimum Gasteiger partial charge on any atom is -0.491 e.